The minimum Gasteiger partial charge on any atom is -0.372 e. The zero-order valence-electron chi connectivity index (χ0n) is 10.9. The Morgan fingerprint density at radius 2 is 2.00 bits per heavy atom. The summed E-state index contributed by atoms with van der Waals surface area (Å²) in [6, 6.07) is 0.392. The standard InChI is InChI=1S/C13H26N2/c1-6-13(4,5)11-8-7-10(11)12(14)15-9(2)3/h9-11H,6-8H2,1-5H3,(H2,14,15). The van der Waals surface area contributed by atoms with Gasteiger partial charge in [-0.1, -0.05) is 27.2 Å². The fraction of sp³-hybridized carbons (Fsp3) is 0.923. The lowest BCUT2D eigenvalue weighted by Gasteiger charge is -2.47. The zero-order valence-corrected chi connectivity index (χ0v) is 10.9. The molecule has 88 valence electrons. The van der Waals surface area contributed by atoms with Gasteiger partial charge in [0, 0.05) is 12.0 Å². The summed E-state index contributed by atoms with van der Waals surface area (Å²) in [7, 11) is 0. The van der Waals surface area contributed by atoms with Crippen molar-refractivity contribution in [2.45, 2.75) is 59.9 Å². The van der Waals surface area contributed by atoms with E-state index in [1.54, 1.807) is 0 Å². The van der Waals surface area contributed by atoms with Crippen molar-refractivity contribution in [1.29, 1.82) is 5.41 Å². The Morgan fingerprint density at radius 1 is 1.40 bits per heavy atom. The molecule has 15 heavy (non-hydrogen) atoms. The Kier molecular flexibility index (Phi) is 3.80. The lowest BCUT2D eigenvalue weighted by atomic mass is 9.59. The predicted octanol–water partition coefficient (Wildman–Crippen LogP) is 3.42. The Morgan fingerprint density at radius 3 is 2.33 bits per heavy atom. The van der Waals surface area contributed by atoms with Crippen LogP contribution in [0.15, 0.2) is 0 Å². The lowest BCUT2D eigenvalue weighted by Crippen LogP contribution is -2.47. The largest absolute Gasteiger partial charge is 0.372 e. The van der Waals surface area contributed by atoms with Crippen molar-refractivity contribution in [3.63, 3.8) is 0 Å². The van der Waals surface area contributed by atoms with E-state index in [2.05, 4.69) is 39.9 Å². The molecule has 1 saturated carbocycles. The normalized spacial score (nSPS) is 26.3. The van der Waals surface area contributed by atoms with Crippen molar-refractivity contribution in [1.82, 2.24) is 5.32 Å². The molecule has 2 nitrogen and oxygen atoms in total. The maximum Gasteiger partial charge on any atom is 0.0968 e. The first-order valence-electron chi connectivity index (χ1n) is 6.23. The minimum absolute atomic E-state index is 0.392. The molecule has 2 atom stereocenters. The van der Waals surface area contributed by atoms with Gasteiger partial charge in [0.1, 0.15) is 0 Å². The second-order valence-electron chi connectivity index (χ2n) is 5.85. The van der Waals surface area contributed by atoms with Gasteiger partial charge >= 0.3 is 0 Å². The van der Waals surface area contributed by atoms with E-state index in [0.717, 1.165) is 5.84 Å². The first-order chi connectivity index (χ1) is 6.88. The fourth-order valence-corrected chi connectivity index (χ4v) is 2.46. The quantitative estimate of drug-likeness (QED) is 0.541. The third-order valence-corrected chi connectivity index (χ3v) is 4.00. The van der Waals surface area contributed by atoms with E-state index < -0.39 is 0 Å². The van der Waals surface area contributed by atoms with Crippen molar-refractivity contribution in [2.75, 3.05) is 0 Å². The van der Waals surface area contributed by atoms with E-state index in [-0.39, 0.29) is 0 Å². The summed E-state index contributed by atoms with van der Waals surface area (Å²) in [5.74, 6) is 1.96. The smallest absolute Gasteiger partial charge is 0.0968 e. The van der Waals surface area contributed by atoms with E-state index in [1.807, 2.05) is 0 Å². The molecule has 2 N–H and O–H groups in total. The molecule has 0 aromatic carbocycles. The first-order valence-corrected chi connectivity index (χ1v) is 6.23. The second-order valence-corrected chi connectivity index (χ2v) is 5.85. The molecule has 1 rings (SSSR count). The van der Waals surface area contributed by atoms with Crippen molar-refractivity contribution in [3.8, 4) is 0 Å². The molecular weight excluding hydrogens is 184 g/mol. The van der Waals surface area contributed by atoms with Crippen LogP contribution in [0.1, 0.15) is 53.9 Å². The van der Waals surface area contributed by atoms with Gasteiger partial charge in [0.25, 0.3) is 0 Å². The molecule has 2 heteroatoms. The summed E-state index contributed by atoms with van der Waals surface area (Å²) >= 11 is 0. The highest BCUT2D eigenvalue weighted by Crippen LogP contribution is 2.48. The molecule has 1 aliphatic carbocycles. The molecule has 0 bridgehead atoms. The molecule has 0 spiro atoms. The Labute approximate surface area is 94.3 Å². The maximum absolute atomic E-state index is 8.05. The molecule has 0 heterocycles. The van der Waals surface area contributed by atoms with Gasteiger partial charge in [0.15, 0.2) is 0 Å². The average molecular weight is 210 g/mol. The first kappa shape index (κ1) is 12.5. The molecule has 0 radical (unpaired) electrons. The van der Waals surface area contributed by atoms with Crippen LogP contribution in [0.3, 0.4) is 0 Å². The highest BCUT2D eigenvalue weighted by Gasteiger charge is 2.42. The van der Waals surface area contributed by atoms with E-state index in [1.165, 1.54) is 19.3 Å². The van der Waals surface area contributed by atoms with Crippen LogP contribution in [0.2, 0.25) is 0 Å². The summed E-state index contributed by atoms with van der Waals surface area (Å²) in [5.41, 5.74) is 0.397. The average Bonchev–Trinajstić information content (AvgIpc) is 1.99. The van der Waals surface area contributed by atoms with Crippen LogP contribution < -0.4 is 5.32 Å². The zero-order chi connectivity index (χ0) is 11.6. The van der Waals surface area contributed by atoms with E-state index in [4.69, 9.17) is 5.41 Å². The van der Waals surface area contributed by atoms with Gasteiger partial charge in [0.2, 0.25) is 0 Å². The lowest BCUT2D eigenvalue weighted by molar-refractivity contribution is 0.0761. The number of hydrogen-bond donors (Lipinski definition) is 2. The van der Waals surface area contributed by atoms with Gasteiger partial charge in [0.05, 0.1) is 5.84 Å². The molecule has 1 fully saturated rings. The SMILES string of the molecule is CCC(C)(C)C1CCC1C(=N)NC(C)C. The van der Waals surface area contributed by atoms with Gasteiger partial charge < -0.3 is 5.32 Å². The van der Waals surface area contributed by atoms with Crippen LogP contribution in [-0.4, -0.2) is 11.9 Å². The molecule has 0 aliphatic heterocycles. The number of rotatable bonds is 4. The topological polar surface area (TPSA) is 35.9 Å². The third kappa shape index (κ3) is 2.73. The number of nitrogens with one attached hydrogen (secondary N) is 2. The Bertz CT molecular complexity index is 231. The summed E-state index contributed by atoms with van der Waals surface area (Å²) < 4.78 is 0. The van der Waals surface area contributed by atoms with Crippen LogP contribution in [-0.2, 0) is 0 Å². The molecule has 0 aromatic rings. The molecule has 0 saturated heterocycles. The van der Waals surface area contributed by atoms with Gasteiger partial charge in [-0.15, -0.1) is 0 Å². The Hall–Kier alpha value is -0.530. The number of amidine groups is 1. The third-order valence-electron chi connectivity index (χ3n) is 4.00. The van der Waals surface area contributed by atoms with E-state index >= 15 is 0 Å². The van der Waals surface area contributed by atoms with Crippen LogP contribution in [0.25, 0.3) is 0 Å². The molecular formula is C13H26N2. The highest BCUT2D eigenvalue weighted by molar-refractivity contribution is 5.82. The van der Waals surface area contributed by atoms with Crippen LogP contribution in [0.4, 0.5) is 0 Å². The Balaban J connectivity index is 2.55. The molecule has 1 aliphatic rings. The van der Waals surface area contributed by atoms with Crippen molar-refractivity contribution in [2.24, 2.45) is 17.3 Å². The van der Waals surface area contributed by atoms with E-state index in [0.29, 0.717) is 23.3 Å². The van der Waals surface area contributed by atoms with Crippen LogP contribution in [0, 0.1) is 22.7 Å². The molecule has 0 amide bonds. The monoisotopic (exact) mass is 210 g/mol. The second kappa shape index (κ2) is 4.54. The van der Waals surface area contributed by atoms with Crippen LogP contribution in [0.5, 0.6) is 0 Å². The van der Waals surface area contributed by atoms with Gasteiger partial charge in [-0.25, -0.2) is 0 Å². The number of hydrogen-bond acceptors (Lipinski definition) is 1. The van der Waals surface area contributed by atoms with Crippen LogP contribution >= 0.6 is 0 Å². The molecule has 0 aromatic heterocycles. The highest BCUT2D eigenvalue weighted by atomic mass is 15.0. The van der Waals surface area contributed by atoms with Gasteiger partial charge in [-0.05, 0) is 38.0 Å². The summed E-state index contributed by atoms with van der Waals surface area (Å²) in [6.07, 6.45) is 3.71. The summed E-state index contributed by atoms with van der Waals surface area (Å²) in [5, 5.41) is 11.3. The molecule has 2 unspecified atom stereocenters. The fourth-order valence-electron chi connectivity index (χ4n) is 2.46. The summed E-state index contributed by atoms with van der Waals surface area (Å²) in [6.45, 7) is 11.1. The van der Waals surface area contributed by atoms with Gasteiger partial charge in [-0.2, -0.15) is 0 Å². The maximum atomic E-state index is 8.05. The predicted molar refractivity (Wildman–Crippen MR) is 66.3 cm³/mol. The minimum atomic E-state index is 0.392. The van der Waals surface area contributed by atoms with Gasteiger partial charge in [-0.3, -0.25) is 5.41 Å². The van der Waals surface area contributed by atoms with E-state index in [9.17, 15) is 0 Å². The van der Waals surface area contributed by atoms with Crippen molar-refractivity contribution >= 4 is 5.84 Å². The van der Waals surface area contributed by atoms with Crippen molar-refractivity contribution < 1.29 is 0 Å². The summed E-state index contributed by atoms with van der Waals surface area (Å²) in [4.78, 5) is 0. The van der Waals surface area contributed by atoms with Crippen molar-refractivity contribution in [3.05, 3.63) is 0 Å².